The van der Waals surface area contributed by atoms with E-state index in [2.05, 4.69) is 20.8 Å². The smallest absolute Gasteiger partial charge is 0.0686 e. The molecule has 0 aromatic rings. The van der Waals surface area contributed by atoms with Crippen LogP contribution in [0.15, 0.2) is 0 Å². The lowest BCUT2D eigenvalue weighted by Crippen LogP contribution is -2.37. The van der Waals surface area contributed by atoms with Crippen LogP contribution in [0.3, 0.4) is 0 Å². The zero-order valence-electron chi connectivity index (χ0n) is 8.52. The minimum Gasteiger partial charge on any atom is -0.374 e. The molecule has 0 spiro atoms. The highest BCUT2D eigenvalue weighted by atomic mass is 16.5. The van der Waals surface area contributed by atoms with E-state index < -0.39 is 0 Å². The molecule has 1 heterocycles. The SMILES string of the molecule is CC[C@]12CCC(C)C(C)(C1)OC2. The predicted octanol–water partition coefficient (Wildman–Crippen LogP) is 2.99. The maximum Gasteiger partial charge on any atom is 0.0686 e. The molecule has 1 aliphatic heterocycles. The topological polar surface area (TPSA) is 9.23 Å². The number of fused-ring (bicyclic) bond motifs is 2. The molecular formula is C11H20O. The average molecular weight is 168 g/mol. The summed E-state index contributed by atoms with van der Waals surface area (Å²) in [5.74, 6) is 0.764. The lowest BCUT2D eigenvalue weighted by atomic mass is 9.66. The zero-order chi connectivity index (χ0) is 8.82. The molecule has 1 saturated carbocycles. The highest BCUT2D eigenvalue weighted by molar-refractivity contribution is 5.01. The van der Waals surface area contributed by atoms with Crippen molar-refractivity contribution in [3.05, 3.63) is 0 Å². The Bertz CT molecular complexity index is 181. The molecule has 0 radical (unpaired) electrons. The molecule has 2 unspecified atom stereocenters. The summed E-state index contributed by atoms with van der Waals surface area (Å²) in [5.41, 5.74) is 0.773. The molecule has 1 aliphatic carbocycles. The summed E-state index contributed by atoms with van der Waals surface area (Å²) in [7, 11) is 0. The summed E-state index contributed by atoms with van der Waals surface area (Å²) < 4.78 is 5.97. The van der Waals surface area contributed by atoms with Gasteiger partial charge in [0.1, 0.15) is 0 Å². The first-order valence-corrected chi connectivity index (χ1v) is 5.24. The summed E-state index contributed by atoms with van der Waals surface area (Å²) in [5, 5.41) is 0. The second-order valence-electron chi connectivity index (χ2n) is 5.07. The fourth-order valence-electron chi connectivity index (χ4n) is 2.87. The zero-order valence-corrected chi connectivity index (χ0v) is 8.52. The van der Waals surface area contributed by atoms with Gasteiger partial charge in [-0.25, -0.2) is 0 Å². The van der Waals surface area contributed by atoms with Gasteiger partial charge in [-0.1, -0.05) is 13.8 Å². The Balaban J connectivity index is 2.20. The number of hydrogen-bond donors (Lipinski definition) is 0. The summed E-state index contributed by atoms with van der Waals surface area (Å²) in [6, 6.07) is 0. The van der Waals surface area contributed by atoms with Crippen molar-refractivity contribution in [3.63, 3.8) is 0 Å². The van der Waals surface area contributed by atoms with Crippen molar-refractivity contribution >= 4 is 0 Å². The van der Waals surface area contributed by atoms with E-state index in [1.165, 1.54) is 25.7 Å². The Morgan fingerprint density at radius 1 is 1.50 bits per heavy atom. The van der Waals surface area contributed by atoms with Gasteiger partial charge in [-0.15, -0.1) is 0 Å². The van der Waals surface area contributed by atoms with Gasteiger partial charge in [0.2, 0.25) is 0 Å². The Morgan fingerprint density at radius 2 is 2.25 bits per heavy atom. The van der Waals surface area contributed by atoms with E-state index in [9.17, 15) is 0 Å². The lowest BCUT2D eigenvalue weighted by Gasteiger charge is -2.39. The van der Waals surface area contributed by atoms with Crippen LogP contribution in [0.5, 0.6) is 0 Å². The minimum absolute atomic E-state index is 0.217. The molecule has 0 aromatic carbocycles. The number of hydrogen-bond acceptors (Lipinski definition) is 1. The largest absolute Gasteiger partial charge is 0.374 e. The van der Waals surface area contributed by atoms with Crippen LogP contribution in [0.2, 0.25) is 0 Å². The summed E-state index contributed by atoms with van der Waals surface area (Å²) in [6.45, 7) is 7.97. The second-order valence-corrected chi connectivity index (χ2v) is 5.07. The van der Waals surface area contributed by atoms with Crippen LogP contribution in [0.4, 0.5) is 0 Å². The van der Waals surface area contributed by atoms with Crippen molar-refractivity contribution in [2.45, 2.75) is 52.1 Å². The van der Waals surface area contributed by atoms with Crippen LogP contribution in [-0.4, -0.2) is 12.2 Å². The molecule has 3 atom stereocenters. The van der Waals surface area contributed by atoms with Crippen molar-refractivity contribution in [1.82, 2.24) is 0 Å². The van der Waals surface area contributed by atoms with Gasteiger partial charge in [0, 0.05) is 0 Å². The number of ether oxygens (including phenoxy) is 1. The van der Waals surface area contributed by atoms with Crippen LogP contribution in [0.25, 0.3) is 0 Å². The Morgan fingerprint density at radius 3 is 2.92 bits per heavy atom. The van der Waals surface area contributed by atoms with Gasteiger partial charge in [0.25, 0.3) is 0 Å². The van der Waals surface area contributed by atoms with Crippen LogP contribution in [0, 0.1) is 11.3 Å². The average Bonchev–Trinajstić information content (AvgIpc) is 2.36. The van der Waals surface area contributed by atoms with Gasteiger partial charge >= 0.3 is 0 Å². The quantitative estimate of drug-likeness (QED) is 0.585. The Kier molecular flexibility index (Phi) is 1.76. The Labute approximate surface area is 75.5 Å². The van der Waals surface area contributed by atoms with Gasteiger partial charge in [-0.3, -0.25) is 0 Å². The Hall–Kier alpha value is -0.0400. The second kappa shape index (κ2) is 2.47. The van der Waals surface area contributed by atoms with Gasteiger partial charge < -0.3 is 4.74 Å². The van der Waals surface area contributed by atoms with Crippen molar-refractivity contribution < 1.29 is 4.74 Å². The molecule has 0 aromatic heterocycles. The van der Waals surface area contributed by atoms with E-state index in [-0.39, 0.29) is 5.60 Å². The standard InChI is InChI=1S/C11H20O/c1-4-11-6-5-9(2)10(3,7-11)12-8-11/h9H,4-8H2,1-3H3/t9?,10?,11-/m0/s1. The third kappa shape index (κ3) is 1.02. The molecule has 1 heteroatoms. The van der Waals surface area contributed by atoms with E-state index in [4.69, 9.17) is 4.74 Å². The first kappa shape index (κ1) is 8.55. The highest BCUT2D eigenvalue weighted by Crippen LogP contribution is 2.53. The van der Waals surface area contributed by atoms with E-state index in [1.807, 2.05) is 0 Å². The van der Waals surface area contributed by atoms with Crippen LogP contribution < -0.4 is 0 Å². The maximum atomic E-state index is 5.97. The maximum absolute atomic E-state index is 5.97. The van der Waals surface area contributed by atoms with Gasteiger partial charge in [0.15, 0.2) is 0 Å². The fraction of sp³-hybridized carbons (Fsp3) is 1.00. The van der Waals surface area contributed by atoms with E-state index in [0.29, 0.717) is 5.41 Å². The molecular weight excluding hydrogens is 148 g/mol. The van der Waals surface area contributed by atoms with Crippen molar-refractivity contribution in [2.75, 3.05) is 6.61 Å². The third-order valence-corrected chi connectivity index (χ3v) is 4.33. The minimum atomic E-state index is 0.217. The van der Waals surface area contributed by atoms with Crippen molar-refractivity contribution in [1.29, 1.82) is 0 Å². The van der Waals surface area contributed by atoms with Gasteiger partial charge in [0.05, 0.1) is 12.2 Å². The van der Waals surface area contributed by atoms with Crippen molar-refractivity contribution in [3.8, 4) is 0 Å². The summed E-state index contributed by atoms with van der Waals surface area (Å²) in [4.78, 5) is 0. The molecule has 70 valence electrons. The van der Waals surface area contributed by atoms with Crippen molar-refractivity contribution in [2.24, 2.45) is 11.3 Å². The van der Waals surface area contributed by atoms with Crippen LogP contribution in [0.1, 0.15) is 46.5 Å². The first-order chi connectivity index (χ1) is 5.60. The van der Waals surface area contributed by atoms with E-state index in [1.54, 1.807) is 0 Å². The lowest BCUT2D eigenvalue weighted by molar-refractivity contribution is -0.0233. The highest BCUT2D eigenvalue weighted by Gasteiger charge is 2.51. The normalized spacial score (nSPS) is 52.8. The fourth-order valence-corrected chi connectivity index (χ4v) is 2.87. The first-order valence-electron chi connectivity index (χ1n) is 5.24. The molecule has 1 saturated heterocycles. The molecule has 0 amide bonds. The van der Waals surface area contributed by atoms with E-state index in [0.717, 1.165) is 12.5 Å². The van der Waals surface area contributed by atoms with E-state index >= 15 is 0 Å². The third-order valence-electron chi connectivity index (χ3n) is 4.33. The molecule has 12 heavy (non-hydrogen) atoms. The summed E-state index contributed by atoms with van der Waals surface area (Å²) >= 11 is 0. The molecule has 2 fully saturated rings. The number of rotatable bonds is 1. The van der Waals surface area contributed by atoms with Gasteiger partial charge in [-0.2, -0.15) is 0 Å². The molecule has 2 bridgehead atoms. The monoisotopic (exact) mass is 168 g/mol. The van der Waals surface area contributed by atoms with Gasteiger partial charge in [-0.05, 0) is 43.9 Å². The molecule has 2 rings (SSSR count). The molecule has 0 N–H and O–H groups in total. The molecule has 1 nitrogen and oxygen atoms in total. The molecule has 2 aliphatic rings. The van der Waals surface area contributed by atoms with Crippen LogP contribution in [-0.2, 0) is 4.74 Å². The predicted molar refractivity (Wildman–Crippen MR) is 50.1 cm³/mol. The van der Waals surface area contributed by atoms with Crippen LogP contribution >= 0.6 is 0 Å². The summed E-state index contributed by atoms with van der Waals surface area (Å²) in [6.07, 6.45) is 5.36.